The van der Waals surface area contributed by atoms with Crippen LogP contribution in [0.2, 0.25) is 0 Å². The first kappa shape index (κ1) is 15.7. The zero-order chi connectivity index (χ0) is 15.2. The van der Waals surface area contributed by atoms with Crippen molar-refractivity contribution in [3.05, 3.63) is 36.2 Å². The fourth-order valence-corrected chi connectivity index (χ4v) is 2.44. The highest BCUT2D eigenvalue weighted by Crippen LogP contribution is 2.18. The predicted octanol–water partition coefficient (Wildman–Crippen LogP) is 3.85. The van der Waals surface area contributed by atoms with Crippen LogP contribution in [0.4, 0.5) is 0 Å². The van der Waals surface area contributed by atoms with E-state index in [9.17, 15) is 0 Å². The van der Waals surface area contributed by atoms with Crippen LogP contribution in [0.3, 0.4) is 0 Å². The first-order valence-electron chi connectivity index (χ1n) is 7.64. The molecule has 1 heterocycles. The zero-order valence-electron chi connectivity index (χ0n) is 13.4. The van der Waals surface area contributed by atoms with E-state index in [1.165, 1.54) is 0 Å². The fraction of sp³-hybridized carbons (Fsp3) is 0.529. The quantitative estimate of drug-likeness (QED) is 0.775. The van der Waals surface area contributed by atoms with Gasteiger partial charge in [0.1, 0.15) is 0 Å². The van der Waals surface area contributed by atoms with Gasteiger partial charge in [-0.3, -0.25) is 4.90 Å². The van der Waals surface area contributed by atoms with Crippen molar-refractivity contribution < 1.29 is 4.42 Å². The molecule has 0 unspecified atom stereocenters. The van der Waals surface area contributed by atoms with Gasteiger partial charge in [-0.25, -0.2) is 0 Å². The summed E-state index contributed by atoms with van der Waals surface area (Å²) < 4.78 is 5.80. The smallest absolute Gasteiger partial charge is 0.247 e. The Morgan fingerprint density at radius 2 is 1.57 bits per heavy atom. The largest absolute Gasteiger partial charge is 0.419 e. The van der Waals surface area contributed by atoms with Gasteiger partial charge in [-0.05, 0) is 24.0 Å². The maximum absolute atomic E-state index is 5.80. The van der Waals surface area contributed by atoms with Crippen LogP contribution < -0.4 is 0 Å². The summed E-state index contributed by atoms with van der Waals surface area (Å²) in [5.41, 5.74) is 0.968. The molecule has 0 aliphatic carbocycles. The average molecular weight is 287 g/mol. The summed E-state index contributed by atoms with van der Waals surface area (Å²) in [6.45, 7) is 11.7. The van der Waals surface area contributed by atoms with E-state index in [2.05, 4.69) is 42.8 Å². The third-order valence-corrected chi connectivity index (χ3v) is 3.09. The van der Waals surface area contributed by atoms with Gasteiger partial charge in [-0.1, -0.05) is 45.9 Å². The Balaban J connectivity index is 2.05. The number of hydrogen-bond donors (Lipinski definition) is 0. The molecule has 1 aromatic carbocycles. The number of nitrogens with zero attached hydrogens (tertiary/aromatic N) is 3. The summed E-state index contributed by atoms with van der Waals surface area (Å²) in [6.07, 6.45) is 0. The second-order valence-corrected chi connectivity index (χ2v) is 6.35. The van der Waals surface area contributed by atoms with E-state index in [0.29, 0.717) is 23.6 Å². The van der Waals surface area contributed by atoms with Crippen molar-refractivity contribution in [2.24, 2.45) is 11.8 Å². The van der Waals surface area contributed by atoms with Gasteiger partial charge in [0.05, 0.1) is 6.54 Å². The molecule has 0 saturated carbocycles. The maximum Gasteiger partial charge on any atom is 0.247 e. The molecule has 1 aromatic heterocycles. The Kier molecular flexibility index (Phi) is 5.51. The van der Waals surface area contributed by atoms with Crippen molar-refractivity contribution in [3.8, 4) is 11.5 Å². The minimum Gasteiger partial charge on any atom is -0.419 e. The first-order chi connectivity index (χ1) is 10.0. The molecule has 0 saturated heterocycles. The molecule has 0 bridgehead atoms. The highest BCUT2D eigenvalue weighted by molar-refractivity contribution is 5.51. The molecule has 0 N–H and O–H groups in total. The number of hydrogen-bond acceptors (Lipinski definition) is 4. The lowest BCUT2D eigenvalue weighted by Gasteiger charge is -2.24. The molecule has 0 aliphatic rings. The van der Waals surface area contributed by atoms with Crippen LogP contribution in [0.1, 0.15) is 33.6 Å². The van der Waals surface area contributed by atoms with Gasteiger partial charge in [0, 0.05) is 18.7 Å². The molecule has 0 spiro atoms. The molecule has 4 heteroatoms. The van der Waals surface area contributed by atoms with Crippen molar-refractivity contribution in [3.63, 3.8) is 0 Å². The number of benzene rings is 1. The van der Waals surface area contributed by atoms with Gasteiger partial charge in [0.25, 0.3) is 0 Å². The van der Waals surface area contributed by atoms with E-state index in [4.69, 9.17) is 4.42 Å². The molecule has 4 nitrogen and oxygen atoms in total. The van der Waals surface area contributed by atoms with Gasteiger partial charge >= 0.3 is 0 Å². The van der Waals surface area contributed by atoms with Crippen LogP contribution in [0, 0.1) is 11.8 Å². The van der Waals surface area contributed by atoms with E-state index in [1.807, 2.05) is 30.3 Å². The second kappa shape index (κ2) is 7.36. The molecular weight excluding hydrogens is 262 g/mol. The van der Waals surface area contributed by atoms with Gasteiger partial charge in [-0.2, -0.15) is 0 Å². The first-order valence-corrected chi connectivity index (χ1v) is 7.64. The topological polar surface area (TPSA) is 42.2 Å². The lowest BCUT2D eigenvalue weighted by atomic mass is 10.1. The minimum absolute atomic E-state index is 0.597. The summed E-state index contributed by atoms with van der Waals surface area (Å²) in [7, 11) is 0. The second-order valence-electron chi connectivity index (χ2n) is 6.35. The standard InChI is InChI=1S/C17H25N3O/c1-13(2)10-20(11-14(3)4)12-16-18-19-17(21-16)15-8-6-5-7-9-15/h5-9,13-14H,10-12H2,1-4H3. The Morgan fingerprint density at radius 3 is 2.14 bits per heavy atom. The summed E-state index contributed by atoms with van der Waals surface area (Å²) in [5.74, 6) is 2.54. The van der Waals surface area contributed by atoms with Crippen molar-refractivity contribution in [2.45, 2.75) is 34.2 Å². The van der Waals surface area contributed by atoms with Crippen molar-refractivity contribution in [1.82, 2.24) is 15.1 Å². The lowest BCUT2D eigenvalue weighted by Crippen LogP contribution is -2.31. The maximum atomic E-state index is 5.80. The Bertz CT molecular complexity index is 524. The molecule has 0 aliphatic heterocycles. The van der Waals surface area contributed by atoms with Crippen LogP contribution in [0.5, 0.6) is 0 Å². The van der Waals surface area contributed by atoms with E-state index >= 15 is 0 Å². The predicted molar refractivity (Wildman–Crippen MR) is 84.7 cm³/mol. The molecule has 0 fully saturated rings. The molecule has 2 aromatic rings. The minimum atomic E-state index is 0.597. The van der Waals surface area contributed by atoms with Crippen LogP contribution >= 0.6 is 0 Å². The summed E-state index contributed by atoms with van der Waals surface area (Å²) in [4.78, 5) is 2.39. The van der Waals surface area contributed by atoms with Crippen molar-refractivity contribution >= 4 is 0 Å². The molecule has 0 atom stereocenters. The Morgan fingerprint density at radius 1 is 0.952 bits per heavy atom. The Hall–Kier alpha value is -1.68. The third kappa shape index (κ3) is 4.97. The molecule has 2 rings (SSSR count). The molecule has 0 radical (unpaired) electrons. The summed E-state index contributed by atoms with van der Waals surface area (Å²) >= 11 is 0. The number of aromatic nitrogens is 2. The van der Waals surface area contributed by atoms with Crippen molar-refractivity contribution in [2.75, 3.05) is 13.1 Å². The lowest BCUT2D eigenvalue weighted by molar-refractivity contribution is 0.194. The molecular formula is C17H25N3O. The fourth-order valence-electron chi connectivity index (χ4n) is 2.44. The SMILES string of the molecule is CC(C)CN(Cc1nnc(-c2ccccc2)o1)CC(C)C. The van der Waals surface area contributed by atoms with Crippen molar-refractivity contribution in [1.29, 1.82) is 0 Å². The monoisotopic (exact) mass is 287 g/mol. The van der Waals surface area contributed by atoms with Crippen LogP contribution in [0.25, 0.3) is 11.5 Å². The average Bonchev–Trinajstić information content (AvgIpc) is 2.86. The molecule has 21 heavy (non-hydrogen) atoms. The van der Waals surface area contributed by atoms with Gasteiger partial charge in [0.15, 0.2) is 0 Å². The van der Waals surface area contributed by atoms with E-state index < -0.39 is 0 Å². The normalized spacial score (nSPS) is 11.8. The third-order valence-electron chi connectivity index (χ3n) is 3.09. The molecule has 0 amide bonds. The van der Waals surface area contributed by atoms with Gasteiger partial charge in [0.2, 0.25) is 11.8 Å². The highest BCUT2D eigenvalue weighted by Gasteiger charge is 2.15. The zero-order valence-corrected chi connectivity index (χ0v) is 13.4. The summed E-state index contributed by atoms with van der Waals surface area (Å²) in [5, 5.41) is 8.34. The van der Waals surface area contributed by atoms with E-state index in [0.717, 1.165) is 25.2 Å². The van der Waals surface area contributed by atoms with Gasteiger partial charge in [-0.15, -0.1) is 10.2 Å². The summed E-state index contributed by atoms with van der Waals surface area (Å²) in [6, 6.07) is 9.90. The van der Waals surface area contributed by atoms with E-state index in [-0.39, 0.29) is 0 Å². The van der Waals surface area contributed by atoms with Crippen LogP contribution in [0.15, 0.2) is 34.7 Å². The Labute approximate surface area is 127 Å². The molecule has 114 valence electrons. The van der Waals surface area contributed by atoms with Crippen LogP contribution in [-0.4, -0.2) is 28.2 Å². The number of rotatable bonds is 7. The van der Waals surface area contributed by atoms with Gasteiger partial charge < -0.3 is 4.42 Å². The highest BCUT2D eigenvalue weighted by atomic mass is 16.4. The van der Waals surface area contributed by atoms with Crippen LogP contribution in [-0.2, 0) is 6.54 Å². The van der Waals surface area contributed by atoms with E-state index in [1.54, 1.807) is 0 Å².